The SMILES string of the molecule is CC(=O)N(C)c1cccc(NC(=O)COc2cc(C)cc(C)c2)c1. The van der Waals surface area contributed by atoms with Gasteiger partial charge in [0, 0.05) is 25.3 Å². The van der Waals surface area contributed by atoms with Crippen molar-refractivity contribution in [3.8, 4) is 5.75 Å². The zero-order chi connectivity index (χ0) is 17.7. The molecule has 5 nitrogen and oxygen atoms in total. The molecule has 0 saturated heterocycles. The highest BCUT2D eigenvalue weighted by molar-refractivity contribution is 5.94. The molecule has 0 bridgehead atoms. The van der Waals surface area contributed by atoms with Gasteiger partial charge in [-0.15, -0.1) is 0 Å². The minimum absolute atomic E-state index is 0.0726. The quantitative estimate of drug-likeness (QED) is 0.917. The van der Waals surface area contributed by atoms with Gasteiger partial charge in [0.05, 0.1) is 0 Å². The molecule has 2 rings (SSSR count). The van der Waals surface area contributed by atoms with Gasteiger partial charge in [0.2, 0.25) is 5.91 Å². The van der Waals surface area contributed by atoms with Gasteiger partial charge in [-0.05, 0) is 55.3 Å². The molecule has 0 atom stereocenters. The summed E-state index contributed by atoms with van der Waals surface area (Å²) in [7, 11) is 1.69. The number of amides is 2. The van der Waals surface area contributed by atoms with Crippen molar-refractivity contribution >= 4 is 23.2 Å². The van der Waals surface area contributed by atoms with Crippen molar-refractivity contribution in [2.45, 2.75) is 20.8 Å². The van der Waals surface area contributed by atoms with E-state index < -0.39 is 0 Å². The molecule has 2 aromatic carbocycles. The highest BCUT2D eigenvalue weighted by atomic mass is 16.5. The van der Waals surface area contributed by atoms with Crippen LogP contribution < -0.4 is 15.0 Å². The Kier molecular flexibility index (Phi) is 5.58. The molecule has 0 heterocycles. The number of benzene rings is 2. The molecule has 0 unspecified atom stereocenters. The predicted octanol–water partition coefficient (Wildman–Crippen LogP) is 3.30. The average molecular weight is 326 g/mol. The number of aryl methyl sites for hydroxylation is 2. The molecule has 0 spiro atoms. The van der Waals surface area contributed by atoms with Crippen LogP contribution in [0.3, 0.4) is 0 Å². The first-order valence-electron chi connectivity index (χ1n) is 7.70. The molecule has 2 amide bonds. The maximum Gasteiger partial charge on any atom is 0.262 e. The summed E-state index contributed by atoms with van der Waals surface area (Å²) >= 11 is 0. The Morgan fingerprint density at radius 2 is 1.75 bits per heavy atom. The maximum absolute atomic E-state index is 12.1. The van der Waals surface area contributed by atoms with Gasteiger partial charge >= 0.3 is 0 Å². The van der Waals surface area contributed by atoms with Crippen molar-refractivity contribution in [1.82, 2.24) is 0 Å². The van der Waals surface area contributed by atoms with E-state index in [1.165, 1.54) is 11.8 Å². The summed E-state index contributed by atoms with van der Waals surface area (Å²) in [5.41, 5.74) is 3.51. The molecule has 0 aromatic heterocycles. The van der Waals surface area contributed by atoms with Crippen molar-refractivity contribution in [1.29, 1.82) is 0 Å². The van der Waals surface area contributed by atoms with Crippen LogP contribution >= 0.6 is 0 Å². The highest BCUT2D eigenvalue weighted by Crippen LogP contribution is 2.19. The Balaban J connectivity index is 1.97. The summed E-state index contributed by atoms with van der Waals surface area (Å²) < 4.78 is 5.54. The van der Waals surface area contributed by atoms with E-state index in [0.717, 1.165) is 16.8 Å². The molecule has 0 aliphatic heterocycles. The number of hydrogen-bond acceptors (Lipinski definition) is 3. The third kappa shape index (κ3) is 4.84. The fourth-order valence-corrected chi connectivity index (χ4v) is 2.34. The fraction of sp³-hybridized carbons (Fsp3) is 0.263. The Morgan fingerprint density at radius 3 is 2.38 bits per heavy atom. The van der Waals surface area contributed by atoms with Gasteiger partial charge in [-0.3, -0.25) is 9.59 Å². The van der Waals surface area contributed by atoms with Gasteiger partial charge in [0.25, 0.3) is 5.91 Å². The first-order chi connectivity index (χ1) is 11.3. The molecule has 0 saturated carbocycles. The Morgan fingerprint density at radius 1 is 1.08 bits per heavy atom. The maximum atomic E-state index is 12.1. The van der Waals surface area contributed by atoms with Crippen LogP contribution in [0.25, 0.3) is 0 Å². The molecule has 5 heteroatoms. The number of carbonyl (C=O) groups is 2. The highest BCUT2D eigenvalue weighted by Gasteiger charge is 2.08. The van der Waals surface area contributed by atoms with E-state index in [1.54, 1.807) is 25.2 Å². The molecule has 126 valence electrons. The number of nitrogens with zero attached hydrogens (tertiary/aromatic N) is 1. The van der Waals surface area contributed by atoms with Crippen LogP contribution in [0, 0.1) is 13.8 Å². The van der Waals surface area contributed by atoms with Crippen LogP contribution in [-0.4, -0.2) is 25.5 Å². The molecule has 0 aliphatic carbocycles. The molecule has 2 aromatic rings. The minimum atomic E-state index is -0.253. The van der Waals surface area contributed by atoms with Gasteiger partial charge in [-0.1, -0.05) is 12.1 Å². The smallest absolute Gasteiger partial charge is 0.262 e. The van der Waals surface area contributed by atoms with Gasteiger partial charge in [0.1, 0.15) is 5.75 Å². The van der Waals surface area contributed by atoms with Crippen molar-refractivity contribution in [3.63, 3.8) is 0 Å². The lowest BCUT2D eigenvalue weighted by Gasteiger charge is -2.16. The zero-order valence-electron chi connectivity index (χ0n) is 14.4. The second-order valence-corrected chi connectivity index (χ2v) is 5.79. The van der Waals surface area contributed by atoms with Crippen LogP contribution in [0.4, 0.5) is 11.4 Å². The molecule has 0 fully saturated rings. The van der Waals surface area contributed by atoms with E-state index in [1.807, 2.05) is 38.1 Å². The lowest BCUT2D eigenvalue weighted by Crippen LogP contribution is -2.23. The van der Waals surface area contributed by atoms with Crippen molar-refractivity contribution in [3.05, 3.63) is 53.6 Å². The van der Waals surface area contributed by atoms with Crippen molar-refractivity contribution in [2.75, 3.05) is 23.9 Å². The summed E-state index contributed by atoms with van der Waals surface area (Å²) in [5, 5.41) is 2.77. The molecular weight excluding hydrogens is 304 g/mol. The zero-order valence-corrected chi connectivity index (χ0v) is 14.4. The lowest BCUT2D eigenvalue weighted by molar-refractivity contribution is -0.118. The minimum Gasteiger partial charge on any atom is -0.484 e. The van der Waals surface area contributed by atoms with E-state index in [4.69, 9.17) is 4.74 Å². The van der Waals surface area contributed by atoms with Crippen LogP contribution in [0.2, 0.25) is 0 Å². The first kappa shape index (κ1) is 17.5. The number of carbonyl (C=O) groups excluding carboxylic acids is 2. The van der Waals surface area contributed by atoms with E-state index in [9.17, 15) is 9.59 Å². The molecule has 0 aliphatic rings. The second kappa shape index (κ2) is 7.64. The summed E-state index contributed by atoms with van der Waals surface area (Å²) in [4.78, 5) is 25.0. The molecule has 0 radical (unpaired) electrons. The Labute approximate surface area is 142 Å². The van der Waals surface area contributed by atoms with Gasteiger partial charge < -0.3 is 15.0 Å². The summed E-state index contributed by atoms with van der Waals surface area (Å²) in [6.45, 7) is 5.38. The number of anilines is 2. The topological polar surface area (TPSA) is 58.6 Å². The van der Waals surface area contributed by atoms with Crippen LogP contribution in [-0.2, 0) is 9.59 Å². The van der Waals surface area contributed by atoms with Crippen LogP contribution in [0.5, 0.6) is 5.75 Å². The van der Waals surface area contributed by atoms with E-state index in [-0.39, 0.29) is 18.4 Å². The third-order valence-corrected chi connectivity index (χ3v) is 3.55. The van der Waals surface area contributed by atoms with Crippen LogP contribution in [0.15, 0.2) is 42.5 Å². The molecular formula is C19H22N2O3. The molecule has 1 N–H and O–H groups in total. The molecule has 24 heavy (non-hydrogen) atoms. The Hall–Kier alpha value is -2.82. The fourth-order valence-electron chi connectivity index (χ4n) is 2.34. The van der Waals surface area contributed by atoms with Gasteiger partial charge in [-0.25, -0.2) is 0 Å². The number of nitrogens with one attached hydrogen (secondary N) is 1. The normalized spacial score (nSPS) is 10.2. The number of ether oxygens (including phenoxy) is 1. The van der Waals surface area contributed by atoms with Gasteiger partial charge in [-0.2, -0.15) is 0 Å². The second-order valence-electron chi connectivity index (χ2n) is 5.79. The van der Waals surface area contributed by atoms with Crippen molar-refractivity contribution in [2.24, 2.45) is 0 Å². The monoisotopic (exact) mass is 326 g/mol. The summed E-state index contributed by atoms with van der Waals surface area (Å²) in [6, 6.07) is 12.9. The van der Waals surface area contributed by atoms with Gasteiger partial charge in [0.15, 0.2) is 6.61 Å². The summed E-state index contributed by atoms with van der Waals surface area (Å²) in [5.74, 6) is 0.348. The number of rotatable bonds is 5. The van der Waals surface area contributed by atoms with E-state index >= 15 is 0 Å². The number of hydrogen-bond donors (Lipinski definition) is 1. The standard InChI is InChI=1S/C19H22N2O3/c1-13-8-14(2)10-18(9-13)24-12-19(23)20-16-6-5-7-17(11-16)21(4)15(3)22/h5-11H,12H2,1-4H3,(H,20,23). The van der Waals surface area contributed by atoms with Crippen molar-refractivity contribution < 1.29 is 14.3 Å². The van der Waals surface area contributed by atoms with E-state index in [0.29, 0.717) is 11.4 Å². The van der Waals surface area contributed by atoms with Crippen LogP contribution in [0.1, 0.15) is 18.1 Å². The van der Waals surface area contributed by atoms with E-state index in [2.05, 4.69) is 5.32 Å². The summed E-state index contributed by atoms with van der Waals surface area (Å²) in [6.07, 6.45) is 0. The third-order valence-electron chi connectivity index (χ3n) is 3.55. The average Bonchev–Trinajstić information content (AvgIpc) is 2.51. The lowest BCUT2D eigenvalue weighted by atomic mass is 10.1. The Bertz CT molecular complexity index is 736. The largest absolute Gasteiger partial charge is 0.484 e. The first-order valence-corrected chi connectivity index (χ1v) is 7.70. The predicted molar refractivity (Wildman–Crippen MR) is 95.6 cm³/mol.